The summed E-state index contributed by atoms with van der Waals surface area (Å²) in [6.07, 6.45) is 9.10. The van der Waals surface area contributed by atoms with E-state index in [9.17, 15) is 4.79 Å². The van der Waals surface area contributed by atoms with Crippen molar-refractivity contribution in [3.63, 3.8) is 0 Å². The zero-order valence-electron chi connectivity index (χ0n) is 13.3. The SMILES string of the molecule is CCC[CH2][Sn]([CH2]CCC)([CH2]CCC)[C](C)=CC(=O)O. The predicted molar refractivity (Wildman–Crippen MR) is 86.3 cm³/mol. The zero-order chi connectivity index (χ0) is 14.7. The fraction of sp³-hybridized carbons (Fsp3) is 0.812. The first-order chi connectivity index (χ1) is 9.02. The van der Waals surface area contributed by atoms with E-state index in [0.717, 1.165) is 0 Å². The molecule has 0 bridgehead atoms. The summed E-state index contributed by atoms with van der Waals surface area (Å²) in [6.45, 7) is 8.84. The van der Waals surface area contributed by atoms with Crippen LogP contribution in [-0.2, 0) is 4.79 Å². The van der Waals surface area contributed by atoms with Crippen molar-refractivity contribution in [3.8, 4) is 0 Å². The Labute approximate surface area is 123 Å². The van der Waals surface area contributed by atoms with Crippen LogP contribution in [0.2, 0.25) is 13.3 Å². The van der Waals surface area contributed by atoms with Gasteiger partial charge in [-0.1, -0.05) is 0 Å². The number of allylic oxidation sites excluding steroid dienone is 1. The topological polar surface area (TPSA) is 37.3 Å². The van der Waals surface area contributed by atoms with Crippen LogP contribution in [0.15, 0.2) is 9.67 Å². The Bertz CT molecular complexity index is 263. The van der Waals surface area contributed by atoms with Crippen molar-refractivity contribution in [1.82, 2.24) is 0 Å². The molecule has 0 saturated carbocycles. The minimum atomic E-state index is -2.40. The normalized spacial score (nSPS) is 12.7. The van der Waals surface area contributed by atoms with Gasteiger partial charge in [0.15, 0.2) is 0 Å². The molecule has 19 heavy (non-hydrogen) atoms. The van der Waals surface area contributed by atoms with Crippen LogP contribution >= 0.6 is 0 Å². The second kappa shape index (κ2) is 10.8. The van der Waals surface area contributed by atoms with Gasteiger partial charge in [0.1, 0.15) is 0 Å². The Kier molecular flexibility index (Phi) is 10.8. The van der Waals surface area contributed by atoms with E-state index in [1.807, 2.05) is 0 Å². The first kappa shape index (κ1) is 19.0. The Balaban J connectivity index is 5.12. The van der Waals surface area contributed by atoms with Crippen LogP contribution < -0.4 is 0 Å². The Morgan fingerprint density at radius 1 is 0.947 bits per heavy atom. The summed E-state index contributed by atoms with van der Waals surface area (Å²) in [6, 6.07) is 0. The van der Waals surface area contributed by atoms with E-state index in [-0.39, 0.29) is 0 Å². The number of hydrogen-bond donors (Lipinski definition) is 1. The Hall–Kier alpha value is 0.00870. The van der Waals surface area contributed by atoms with Crippen LogP contribution in [0.25, 0.3) is 0 Å². The quantitative estimate of drug-likeness (QED) is 0.388. The molecule has 0 fully saturated rings. The predicted octanol–water partition coefficient (Wildman–Crippen LogP) is 5.41. The molecule has 0 aliphatic heterocycles. The number of rotatable bonds is 11. The molecule has 0 aromatic rings. The minimum absolute atomic E-state index is 0.747. The second-order valence-electron chi connectivity index (χ2n) is 5.76. The van der Waals surface area contributed by atoms with Gasteiger partial charge in [0.05, 0.1) is 0 Å². The molecule has 0 aliphatic rings. The van der Waals surface area contributed by atoms with Crippen LogP contribution in [-0.4, -0.2) is 29.5 Å². The second-order valence-corrected chi connectivity index (χ2v) is 19.6. The van der Waals surface area contributed by atoms with Crippen LogP contribution in [0.3, 0.4) is 0 Å². The standard InChI is InChI=1S/C4H5O2.3C4H9.Sn/c1-2-3-4(5)6;3*1-3-4-2;/h3H,1H3,(H,5,6);3*1,3-4H2,2H3;. The van der Waals surface area contributed by atoms with E-state index in [0.29, 0.717) is 0 Å². The van der Waals surface area contributed by atoms with Gasteiger partial charge < -0.3 is 0 Å². The van der Waals surface area contributed by atoms with E-state index >= 15 is 0 Å². The summed E-state index contributed by atoms with van der Waals surface area (Å²) in [7, 11) is 0. The number of unbranched alkanes of at least 4 members (excludes halogenated alkanes) is 3. The maximum atomic E-state index is 11.0. The molecule has 0 spiro atoms. The van der Waals surface area contributed by atoms with Gasteiger partial charge in [0.25, 0.3) is 0 Å². The number of carbonyl (C=O) groups is 1. The molecule has 0 rings (SSSR count). The maximum absolute atomic E-state index is 11.0. The van der Waals surface area contributed by atoms with Crippen LogP contribution in [0, 0.1) is 0 Å². The first-order valence-corrected chi connectivity index (χ1v) is 15.4. The van der Waals surface area contributed by atoms with E-state index in [1.54, 1.807) is 0 Å². The monoisotopic (exact) mass is 376 g/mol. The number of carboxylic acid groups (broad SMARTS) is 1. The summed E-state index contributed by atoms with van der Waals surface area (Å²) >= 11 is -2.40. The van der Waals surface area contributed by atoms with E-state index in [1.165, 1.54) is 61.5 Å². The molecular formula is C16H32O2Sn. The molecule has 0 amide bonds. The summed E-state index contributed by atoms with van der Waals surface area (Å²) in [5.74, 6) is -0.747. The molecule has 3 heteroatoms. The number of aliphatic carboxylic acids is 1. The molecule has 0 unspecified atom stereocenters. The van der Waals surface area contributed by atoms with E-state index in [2.05, 4.69) is 27.7 Å². The fourth-order valence-corrected chi connectivity index (χ4v) is 18.4. The van der Waals surface area contributed by atoms with Gasteiger partial charge in [-0.3, -0.25) is 0 Å². The van der Waals surface area contributed by atoms with Crippen molar-refractivity contribution in [2.24, 2.45) is 0 Å². The van der Waals surface area contributed by atoms with Crippen LogP contribution in [0.5, 0.6) is 0 Å². The molecule has 0 heterocycles. The van der Waals surface area contributed by atoms with Crippen molar-refractivity contribution < 1.29 is 9.90 Å². The molecular weight excluding hydrogens is 343 g/mol. The van der Waals surface area contributed by atoms with E-state index < -0.39 is 24.3 Å². The van der Waals surface area contributed by atoms with Gasteiger partial charge in [-0.25, -0.2) is 0 Å². The molecule has 1 N–H and O–H groups in total. The van der Waals surface area contributed by atoms with Crippen molar-refractivity contribution in [1.29, 1.82) is 0 Å². The molecule has 112 valence electrons. The van der Waals surface area contributed by atoms with Crippen molar-refractivity contribution >= 4 is 24.3 Å². The molecule has 0 aliphatic carbocycles. The average Bonchev–Trinajstić information content (AvgIpc) is 2.37. The number of hydrogen-bond acceptors (Lipinski definition) is 1. The summed E-state index contributed by atoms with van der Waals surface area (Å²) in [4.78, 5) is 11.0. The van der Waals surface area contributed by atoms with Gasteiger partial charge in [0, 0.05) is 0 Å². The third-order valence-electron chi connectivity index (χ3n) is 4.20. The van der Waals surface area contributed by atoms with Crippen molar-refractivity contribution in [2.75, 3.05) is 0 Å². The van der Waals surface area contributed by atoms with Gasteiger partial charge >= 0.3 is 123 Å². The van der Waals surface area contributed by atoms with Gasteiger partial charge in [-0.2, -0.15) is 0 Å². The van der Waals surface area contributed by atoms with Gasteiger partial charge in [-0.15, -0.1) is 0 Å². The summed E-state index contributed by atoms with van der Waals surface area (Å²) in [5.41, 5.74) is 0. The van der Waals surface area contributed by atoms with Crippen LogP contribution in [0.1, 0.15) is 66.2 Å². The third kappa shape index (κ3) is 7.38. The fourth-order valence-electron chi connectivity index (χ4n) is 2.85. The summed E-state index contributed by atoms with van der Waals surface area (Å²) < 4.78 is 5.33. The van der Waals surface area contributed by atoms with Gasteiger partial charge in [-0.05, 0) is 0 Å². The Morgan fingerprint density at radius 2 is 1.32 bits per heavy atom. The molecule has 0 atom stereocenters. The Morgan fingerprint density at radius 3 is 1.58 bits per heavy atom. The number of carboxylic acids is 1. The molecule has 0 aromatic heterocycles. The van der Waals surface area contributed by atoms with Crippen molar-refractivity contribution in [3.05, 3.63) is 9.67 Å². The first-order valence-electron chi connectivity index (χ1n) is 7.94. The molecule has 0 radical (unpaired) electrons. The zero-order valence-corrected chi connectivity index (χ0v) is 16.2. The van der Waals surface area contributed by atoms with Gasteiger partial charge in [0.2, 0.25) is 0 Å². The average molecular weight is 375 g/mol. The molecule has 0 aromatic carbocycles. The third-order valence-corrected chi connectivity index (χ3v) is 20.6. The van der Waals surface area contributed by atoms with E-state index in [4.69, 9.17) is 5.11 Å². The van der Waals surface area contributed by atoms with Crippen LogP contribution in [0.4, 0.5) is 0 Å². The summed E-state index contributed by atoms with van der Waals surface area (Å²) in [5, 5.41) is 9.08. The molecule has 0 saturated heterocycles. The van der Waals surface area contributed by atoms with Crippen molar-refractivity contribution in [2.45, 2.75) is 79.5 Å². The molecule has 2 nitrogen and oxygen atoms in total.